The molecule has 1 aromatic heterocycles. The van der Waals surface area contributed by atoms with Crippen LogP contribution < -0.4 is 20.3 Å². The minimum atomic E-state index is 0. The number of nitrogens with one attached hydrogen (secondary N) is 2. The molecule has 148 valence electrons. The molecule has 1 aromatic carbocycles. The molecule has 27 heavy (non-hydrogen) atoms. The van der Waals surface area contributed by atoms with Gasteiger partial charge in [0.1, 0.15) is 17.7 Å². The van der Waals surface area contributed by atoms with E-state index in [9.17, 15) is 0 Å². The quantitative estimate of drug-likeness (QED) is 0.360. The molecule has 0 fully saturated rings. The molecule has 0 radical (unpaired) electrons. The van der Waals surface area contributed by atoms with Crippen molar-refractivity contribution in [1.29, 1.82) is 0 Å². The molecule has 2 N–H and O–H groups in total. The van der Waals surface area contributed by atoms with Gasteiger partial charge in [0.2, 0.25) is 0 Å². The van der Waals surface area contributed by atoms with Gasteiger partial charge in [0.05, 0.1) is 6.54 Å². The van der Waals surface area contributed by atoms with Gasteiger partial charge in [-0.25, -0.2) is 4.98 Å². The maximum absolute atomic E-state index is 5.94. The number of nitrogens with zero attached hydrogens (tertiary/aromatic N) is 3. The van der Waals surface area contributed by atoms with Gasteiger partial charge in [-0.3, -0.25) is 4.99 Å². The summed E-state index contributed by atoms with van der Waals surface area (Å²) in [5.74, 6) is 2.57. The zero-order chi connectivity index (χ0) is 18.9. The number of halogens is 1. The number of pyridine rings is 1. The highest BCUT2D eigenvalue weighted by Gasteiger charge is 2.08. The van der Waals surface area contributed by atoms with Gasteiger partial charge >= 0.3 is 0 Å². The van der Waals surface area contributed by atoms with Gasteiger partial charge in [0, 0.05) is 39.4 Å². The van der Waals surface area contributed by atoms with Crippen LogP contribution in [0.3, 0.4) is 0 Å². The summed E-state index contributed by atoms with van der Waals surface area (Å²) < 4.78 is 5.94. The number of ether oxygens (including phenoxy) is 1. The van der Waals surface area contributed by atoms with E-state index >= 15 is 0 Å². The molecule has 0 amide bonds. The van der Waals surface area contributed by atoms with E-state index in [0.717, 1.165) is 23.1 Å². The molecule has 0 aliphatic heterocycles. The number of anilines is 1. The number of hydrogen-bond donors (Lipinski definition) is 2. The van der Waals surface area contributed by atoms with E-state index in [1.54, 1.807) is 13.2 Å². The predicted molar refractivity (Wildman–Crippen MR) is 123 cm³/mol. The standard InChI is InChI=1S/C20H29N5O.HI/c1-15-8-6-10-18(12-15)26-16(2)13-23-20(21-3)24-14-17-9-7-11-22-19(17)25(4)5;/h6-12,16H,13-14H2,1-5H3,(H2,21,23,24);1H. The van der Waals surface area contributed by atoms with Crippen molar-refractivity contribution >= 4 is 35.8 Å². The smallest absolute Gasteiger partial charge is 0.191 e. The average molecular weight is 483 g/mol. The number of aliphatic imine (C=N–C) groups is 1. The minimum absolute atomic E-state index is 0. The molecule has 0 spiro atoms. The second kappa shape index (κ2) is 11.6. The van der Waals surface area contributed by atoms with Crippen LogP contribution in [0.15, 0.2) is 47.6 Å². The van der Waals surface area contributed by atoms with E-state index in [2.05, 4.69) is 39.7 Å². The van der Waals surface area contributed by atoms with E-state index in [-0.39, 0.29) is 30.1 Å². The Balaban J connectivity index is 0.00000364. The number of hydrogen-bond acceptors (Lipinski definition) is 4. The van der Waals surface area contributed by atoms with E-state index in [1.165, 1.54) is 5.56 Å². The fourth-order valence-electron chi connectivity index (χ4n) is 2.57. The zero-order valence-electron chi connectivity index (χ0n) is 16.7. The average Bonchev–Trinajstić information content (AvgIpc) is 2.62. The Hall–Kier alpha value is -2.03. The van der Waals surface area contributed by atoms with Crippen LogP contribution in [-0.4, -0.2) is 44.7 Å². The predicted octanol–water partition coefficient (Wildman–Crippen LogP) is 3.21. The van der Waals surface area contributed by atoms with Crippen LogP contribution in [0, 0.1) is 6.92 Å². The van der Waals surface area contributed by atoms with Crippen LogP contribution in [0.1, 0.15) is 18.1 Å². The van der Waals surface area contributed by atoms with Crippen molar-refractivity contribution in [2.45, 2.75) is 26.5 Å². The zero-order valence-corrected chi connectivity index (χ0v) is 19.0. The lowest BCUT2D eigenvalue weighted by Crippen LogP contribution is -2.41. The summed E-state index contributed by atoms with van der Waals surface area (Å²) in [6.45, 7) is 5.39. The van der Waals surface area contributed by atoms with Crippen molar-refractivity contribution in [2.75, 3.05) is 32.6 Å². The third-order valence-corrected chi connectivity index (χ3v) is 3.84. The third kappa shape index (κ3) is 7.62. The molecule has 0 aliphatic carbocycles. The van der Waals surface area contributed by atoms with E-state index < -0.39 is 0 Å². The first-order valence-electron chi connectivity index (χ1n) is 8.78. The first-order valence-corrected chi connectivity index (χ1v) is 8.78. The molecular formula is C20H30IN5O. The molecule has 7 heteroatoms. The Morgan fingerprint density at radius 3 is 2.67 bits per heavy atom. The topological polar surface area (TPSA) is 61.8 Å². The number of aryl methyl sites for hydroxylation is 1. The van der Waals surface area contributed by atoms with Crippen molar-refractivity contribution in [1.82, 2.24) is 15.6 Å². The molecule has 2 rings (SSSR count). The lowest BCUT2D eigenvalue weighted by Gasteiger charge is -2.19. The van der Waals surface area contributed by atoms with E-state index in [1.807, 2.05) is 50.2 Å². The molecule has 0 saturated heterocycles. The van der Waals surface area contributed by atoms with Gasteiger partial charge in [-0.1, -0.05) is 18.2 Å². The fourth-order valence-corrected chi connectivity index (χ4v) is 2.57. The van der Waals surface area contributed by atoms with Crippen LogP contribution in [0.2, 0.25) is 0 Å². The van der Waals surface area contributed by atoms with Gasteiger partial charge in [0.15, 0.2) is 5.96 Å². The molecule has 0 aliphatic rings. The lowest BCUT2D eigenvalue weighted by molar-refractivity contribution is 0.223. The van der Waals surface area contributed by atoms with Crippen molar-refractivity contribution in [2.24, 2.45) is 4.99 Å². The van der Waals surface area contributed by atoms with E-state index in [4.69, 9.17) is 4.74 Å². The van der Waals surface area contributed by atoms with Crippen molar-refractivity contribution in [3.8, 4) is 5.75 Å². The SMILES string of the molecule is CN=C(NCc1cccnc1N(C)C)NCC(C)Oc1cccc(C)c1.I. The number of aromatic nitrogens is 1. The molecular weight excluding hydrogens is 453 g/mol. The van der Waals surface area contributed by atoms with Crippen LogP contribution in [-0.2, 0) is 6.54 Å². The van der Waals surface area contributed by atoms with Crippen LogP contribution in [0.25, 0.3) is 0 Å². The highest BCUT2D eigenvalue weighted by Crippen LogP contribution is 2.14. The van der Waals surface area contributed by atoms with Crippen LogP contribution in [0.5, 0.6) is 5.75 Å². The fraction of sp³-hybridized carbons (Fsp3) is 0.400. The molecule has 0 saturated carbocycles. The Morgan fingerprint density at radius 2 is 2.00 bits per heavy atom. The van der Waals surface area contributed by atoms with Crippen LogP contribution in [0.4, 0.5) is 5.82 Å². The Morgan fingerprint density at radius 1 is 1.22 bits per heavy atom. The summed E-state index contributed by atoms with van der Waals surface area (Å²) in [5, 5.41) is 6.63. The number of benzene rings is 1. The van der Waals surface area contributed by atoms with Crippen molar-refractivity contribution < 1.29 is 4.74 Å². The number of rotatable bonds is 7. The molecule has 1 atom stereocenters. The first-order chi connectivity index (χ1) is 12.5. The highest BCUT2D eigenvalue weighted by molar-refractivity contribution is 14.0. The minimum Gasteiger partial charge on any atom is -0.489 e. The summed E-state index contributed by atoms with van der Waals surface area (Å²) >= 11 is 0. The summed E-state index contributed by atoms with van der Waals surface area (Å²) in [4.78, 5) is 10.7. The summed E-state index contributed by atoms with van der Waals surface area (Å²) in [6, 6.07) is 12.1. The molecule has 2 aromatic rings. The van der Waals surface area contributed by atoms with Gasteiger partial charge in [-0.05, 0) is 37.6 Å². The van der Waals surface area contributed by atoms with Gasteiger partial charge in [0.25, 0.3) is 0 Å². The third-order valence-electron chi connectivity index (χ3n) is 3.84. The normalized spacial score (nSPS) is 12.0. The maximum Gasteiger partial charge on any atom is 0.191 e. The Labute approximate surface area is 179 Å². The van der Waals surface area contributed by atoms with Crippen LogP contribution >= 0.6 is 24.0 Å². The molecule has 1 unspecified atom stereocenters. The first kappa shape index (κ1) is 23.0. The molecule has 6 nitrogen and oxygen atoms in total. The van der Waals surface area contributed by atoms with Crippen molar-refractivity contribution in [3.05, 3.63) is 53.7 Å². The summed E-state index contributed by atoms with van der Waals surface area (Å²) in [5.41, 5.74) is 2.30. The Kier molecular flexibility index (Phi) is 9.92. The largest absolute Gasteiger partial charge is 0.489 e. The lowest BCUT2D eigenvalue weighted by atomic mass is 10.2. The maximum atomic E-state index is 5.94. The van der Waals surface area contributed by atoms with Crippen molar-refractivity contribution in [3.63, 3.8) is 0 Å². The van der Waals surface area contributed by atoms with Gasteiger partial charge in [-0.2, -0.15) is 0 Å². The summed E-state index contributed by atoms with van der Waals surface area (Å²) in [6.07, 6.45) is 1.82. The van der Waals surface area contributed by atoms with E-state index in [0.29, 0.717) is 13.1 Å². The molecule has 1 heterocycles. The monoisotopic (exact) mass is 483 g/mol. The molecule has 0 bridgehead atoms. The second-order valence-electron chi connectivity index (χ2n) is 6.43. The second-order valence-corrected chi connectivity index (χ2v) is 6.43. The van der Waals surface area contributed by atoms with Gasteiger partial charge in [-0.15, -0.1) is 24.0 Å². The number of guanidine groups is 1. The summed E-state index contributed by atoms with van der Waals surface area (Å²) in [7, 11) is 5.74. The Bertz CT molecular complexity index is 736. The van der Waals surface area contributed by atoms with Gasteiger partial charge < -0.3 is 20.3 Å². The highest BCUT2D eigenvalue weighted by atomic mass is 127.